The molecule has 60 valence electrons. The molecule has 1 nitrogen and oxygen atoms in total. The Bertz CT molecular complexity index is 91.4. The van der Waals surface area contributed by atoms with Crippen molar-refractivity contribution in [2.24, 2.45) is 11.7 Å². The predicted molar refractivity (Wildman–Crippen MR) is 47.4 cm³/mol. The molecule has 0 aliphatic heterocycles. The van der Waals surface area contributed by atoms with Crippen LogP contribution in [0.3, 0.4) is 0 Å². The van der Waals surface area contributed by atoms with E-state index < -0.39 is 0 Å². The minimum absolute atomic E-state index is 0. The summed E-state index contributed by atoms with van der Waals surface area (Å²) in [6.45, 7) is 0.877. The van der Waals surface area contributed by atoms with Crippen molar-refractivity contribution in [3.63, 3.8) is 0 Å². The summed E-state index contributed by atoms with van der Waals surface area (Å²) in [5.74, 6) is 0.792. The fraction of sp³-hybridized carbons (Fsp3) is 0.750. The van der Waals surface area contributed by atoms with E-state index in [0.717, 1.165) is 12.5 Å². The maximum atomic E-state index is 5.54. The molecule has 0 aromatic heterocycles. The first kappa shape index (κ1) is 9.99. The topological polar surface area (TPSA) is 26.0 Å². The average molecular weight is 162 g/mol. The van der Waals surface area contributed by atoms with Gasteiger partial charge in [0.1, 0.15) is 0 Å². The Balaban J connectivity index is 0.000000810. The third-order valence-electron chi connectivity index (χ3n) is 1.98. The van der Waals surface area contributed by atoms with E-state index in [0.29, 0.717) is 0 Å². The zero-order chi connectivity index (χ0) is 6.53. The van der Waals surface area contributed by atoms with Crippen LogP contribution in [0.25, 0.3) is 0 Å². The second-order valence-corrected chi connectivity index (χ2v) is 2.73. The Morgan fingerprint density at radius 1 is 1.20 bits per heavy atom. The summed E-state index contributed by atoms with van der Waals surface area (Å²) in [5, 5.41) is 0. The van der Waals surface area contributed by atoms with Crippen molar-refractivity contribution in [2.45, 2.75) is 25.7 Å². The molecule has 10 heavy (non-hydrogen) atoms. The maximum Gasteiger partial charge on any atom is -0.00486 e. The van der Waals surface area contributed by atoms with Crippen LogP contribution < -0.4 is 5.73 Å². The van der Waals surface area contributed by atoms with E-state index in [1.807, 2.05) is 0 Å². The van der Waals surface area contributed by atoms with E-state index in [4.69, 9.17) is 5.73 Å². The predicted octanol–water partition coefficient (Wildman–Crippen LogP) is 2.11. The van der Waals surface area contributed by atoms with Crippen molar-refractivity contribution in [1.82, 2.24) is 0 Å². The lowest BCUT2D eigenvalue weighted by Crippen LogP contribution is -2.12. The summed E-state index contributed by atoms with van der Waals surface area (Å²) in [6, 6.07) is 0. The highest BCUT2D eigenvalue weighted by Crippen LogP contribution is 2.16. The molecule has 0 saturated heterocycles. The lowest BCUT2D eigenvalue weighted by molar-refractivity contribution is 0.478. The normalized spacial score (nSPS) is 19.7. The molecule has 0 unspecified atom stereocenters. The van der Waals surface area contributed by atoms with Crippen molar-refractivity contribution in [1.29, 1.82) is 0 Å². The quantitative estimate of drug-likeness (QED) is 0.586. The molecule has 1 aliphatic rings. The Hall–Kier alpha value is -0.0100. The molecule has 0 fully saturated rings. The van der Waals surface area contributed by atoms with Crippen molar-refractivity contribution < 1.29 is 0 Å². The highest BCUT2D eigenvalue weighted by Gasteiger charge is 2.05. The summed E-state index contributed by atoms with van der Waals surface area (Å²) in [4.78, 5) is 0. The molecule has 1 rings (SSSR count). The summed E-state index contributed by atoms with van der Waals surface area (Å²) >= 11 is 0. The van der Waals surface area contributed by atoms with Crippen LogP contribution in [-0.4, -0.2) is 6.54 Å². The van der Waals surface area contributed by atoms with Gasteiger partial charge in [0.05, 0.1) is 0 Å². The molecule has 0 saturated carbocycles. The summed E-state index contributed by atoms with van der Waals surface area (Å²) in [6.07, 6.45) is 9.62. The van der Waals surface area contributed by atoms with Crippen molar-refractivity contribution in [3.05, 3.63) is 12.2 Å². The number of allylic oxidation sites excluding steroid dienone is 2. The van der Waals surface area contributed by atoms with Crippen molar-refractivity contribution in [3.8, 4) is 0 Å². The minimum atomic E-state index is 0. The highest BCUT2D eigenvalue weighted by atomic mass is 35.5. The molecular weight excluding hydrogens is 146 g/mol. The summed E-state index contributed by atoms with van der Waals surface area (Å²) < 4.78 is 0. The molecule has 0 bridgehead atoms. The van der Waals surface area contributed by atoms with Gasteiger partial charge in [-0.05, 0) is 38.1 Å². The molecule has 2 N–H and O–H groups in total. The molecule has 1 aliphatic carbocycles. The smallest absolute Gasteiger partial charge is 0.00486 e. The van der Waals surface area contributed by atoms with Gasteiger partial charge in [0.15, 0.2) is 0 Å². The number of halogens is 1. The van der Waals surface area contributed by atoms with Gasteiger partial charge in [-0.25, -0.2) is 0 Å². The van der Waals surface area contributed by atoms with E-state index in [1.54, 1.807) is 0 Å². The van der Waals surface area contributed by atoms with Crippen LogP contribution >= 0.6 is 12.4 Å². The van der Waals surface area contributed by atoms with E-state index in [1.165, 1.54) is 25.7 Å². The molecular formula is C8H16ClN. The first-order valence-electron chi connectivity index (χ1n) is 3.78. The molecule has 0 atom stereocenters. The fourth-order valence-corrected chi connectivity index (χ4v) is 1.28. The summed E-state index contributed by atoms with van der Waals surface area (Å²) in [7, 11) is 0. The Morgan fingerprint density at radius 2 is 1.70 bits per heavy atom. The van der Waals surface area contributed by atoms with Gasteiger partial charge in [-0.15, -0.1) is 12.4 Å². The van der Waals surface area contributed by atoms with Gasteiger partial charge < -0.3 is 5.73 Å². The molecule has 0 aromatic carbocycles. The van der Waals surface area contributed by atoms with Crippen LogP contribution in [0.5, 0.6) is 0 Å². The van der Waals surface area contributed by atoms with Gasteiger partial charge in [0, 0.05) is 0 Å². The first-order valence-corrected chi connectivity index (χ1v) is 3.78. The van der Waals surface area contributed by atoms with Crippen molar-refractivity contribution in [2.75, 3.05) is 6.54 Å². The van der Waals surface area contributed by atoms with Crippen LogP contribution in [0.15, 0.2) is 12.2 Å². The number of rotatable bonds is 1. The molecule has 0 amide bonds. The number of nitrogens with two attached hydrogens (primary N) is 1. The molecule has 0 heterocycles. The second-order valence-electron chi connectivity index (χ2n) is 2.73. The largest absolute Gasteiger partial charge is 0.330 e. The van der Waals surface area contributed by atoms with E-state index in [-0.39, 0.29) is 12.4 Å². The monoisotopic (exact) mass is 161 g/mol. The third-order valence-corrected chi connectivity index (χ3v) is 1.98. The van der Waals surface area contributed by atoms with E-state index in [2.05, 4.69) is 12.2 Å². The minimum Gasteiger partial charge on any atom is -0.330 e. The van der Waals surface area contributed by atoms with Gasteiger partial charge in [-0.2, -0.15) is 0 Å². The fourth-order valence-electron chi connectivity index (χ4n) is 1.28. The Kier molecular flexibility index (Phi) is 5.74. The van der Waals surface area contributed by atoms with Crippen LogP contribution in [0.2, 0.25) is 0 Å². The summed E-state index contributed by atoms with van der Waals surface area (Å²) in [5.41, 5.74) is 5.54. The van der Waals surface area contributed by atoms with Crippen LogP contribution in [0, 0.1) is 5.92 Å². The zero-order valence-corrected chi connectivity index (χ0v) is 7.07. The SMILES string of the molecule is Cl.NCC1CCC=CCC1. The maximum absolute atomic E-state index is 5.54. The molecule has 2 heteroatoms. The molecule has 0 aromatic rings. The van der Waals surface area contributed by atoms with Gasteiger partial charge >= 0.3 is 0 Å². The Labute approximate surface area is 69.1 Å². The zero-order valence-electron chi connectivity index (χ0n) is 6.25. The number of hydrogen-bond acceptors (Lipinski definition) is 1. The molecule has 0 spiro atoms. The second kappa shape index (κ2) is 5.75. The van der Waals surface area contributed by atoms with Gasteiger partial charge in [0.2, 0.25) is 0 Å². The first-order chi connectivity index (χ1) is 4.43. The highest BCUT2D eigenvalue weighted by molar-refractivity contribution is 5.85. The van der Waals surface area contributed by atoms with Crippen molar-refractivity contribution >= 4 is 12.4 Å². The van der Waals surface area contributed by atoms with Crippen LogP contribution in [-0.2, 0) is 0 Å². The Morgan fingerprint density at radius 3 is 2.10 bits per heavy atom. The van der Waals surface area contributed by atoms with E-state index in [9.17, 15) is 0 Å². The number of hydrogen-bond donors (Lipinski definition) is 1. The van der Waals surface area contributed by atoms with Gasteiger partial charge in [-0.3, -0.25) is 0 Å². The third kappa shape index (κ3) is 3.23. The van der Waals surface area contributed by atoms with Crippen LogP contribution in [0.1, 0.15) is 25.7 Å². The van der Waals surface area contributed by atoms with Crippen LogP contribution in [0.4, 0.5) is 0 Å². The molecule has 0 radical (unpaired) electrons. The lowest BCUT2D eigenvalue weighted by Gasteiger charge is -2.08. The lowest BCUT2D eigenvalue weighted by atomic mass is 10.0. The van der Waals surface area contributed by atoms with E-state index >= 15 is 0 Å². The van der Waals surface area contributed by atoms with Gasteiger partial charge in [-0.1, -0.05) is 12.2 Å². The standard InChI is InChI=1S/C8H15N.ClH/c9-7-8-5-3-1-2-4-6-8;/h1-2,8H,3-7,9H2;1H. The van der Waals surface area contributed by atoms with Gasteiger partial charge in [0.25, 0.3) is 0 Å². The average Bonchev–Trinajstić information content (AvgIpc) is 2.13.